The minimum atomic E-state index is -0.444. The van der Waals surface area contributed by atoms with Gasteiger partial charge in [-0.25, -0.2) is 4.98 Å². The van der Waals surface area contributed by atoms with Gasteiger partial charge in [-0.2, -0.15) is 0 Å². The van der Waals surface area contributed by atoms with Crippen molar-refractivity contribution in [2.24, 2.45) is 7.05 Å². The SMILES string of the molecule is Cn1cc(-c2ccccc2)c2c3c(cnc21)-c1ccccc1C3(c1ccccc1)c1ccccc1. The average Bonchev–Trinajstić information content (AvgIpc) is 3.43. The number of aryl methyl sites for hydroxylation is 1. The Morgan fingerprint density at radius 1 is 0.600 bits per heavy atom. The van der Waals surface area contributed by atoms with Crippen molar-refractivity contribution in [2.75, 3.05) is 0 Å². The second kappa shape index (κ2) is 7.54. The highest BCUT2D eigenvalue weighted by Gasteiger charge is 2.48. The monoisotopic (exact) mass is 448 g/mol. The van der Waals surface area contributed by atoms with E-state index < -0.39 is 5.41 Å². The maximum Gasteiger partial charge on any atom is 0.140 e. The summed E-state index contributed by atoms with van der Waals surface area (Å²) in [5.41, 5.74) is 10.6. The molecule has 0 atom stereocenters. The molecule has 0 spiro atoms. The van der Waals surface area contributed by atoms with Crippen LogP contribution in [0.1, 0.15) is 22.3 Å². The van der Waals surface area contributed by atoms with Gasteiger partial charge in [0.1, 0.15) is 5.65 Å². The second-order valence-electron chi connectivity index (χ2n) is 9.29. The van der Waals surface area contributed by atoms with Crippen molar-refractivity contribution in [3.63, 3.8) is 0 Å². The topological polar surface area (TPSA) is 17.8 Å². The van der Waals surface area contributed by atoms with Crippen molar-refractivity contribution in [1.82, 2.24) is 9.55 Å². The summed E-state index contributed by atoms with van der Waals surface area (Å²) < 4.78 is 2.17. The van der Waals surface area contributed by atoms with Gasteiger partial charge < -0.3 is 4.57 Å². The molecule has 0 fully saturated rings. The second-order valence-corrected chi connectivity index (χ2v) is 9.29. The van der Waals surface area contributed by atoms with Gasteiger partial charge in [0, 0.05) is 36.0 Å². The van der Waals surface area contributed by atoms with Gasteiger partial charge in [-0.3, -0.25) is 0 Å². The van der Waals surface area contributed by atoms with E-state index in [1.54, 1.807) is 0 Å². The van der Waals surface area contributed by atoms with Gasteiger partial charge in [0.05, 0.1) is 5.41 Å². The van der Waals surface area contributed by atoms with Crippen LogP contribution in [0.2, 0.25) is 0 Å². The van der Waals surface area contributed by atoms with Crippen LogP contribution in [0.4, 0.5) is 0 Å². The highest BCUT2D eigenvalue weighted by Crippen LogP contribution is 2.58. The summed E-state index contributed by atoms with van der Waals surface area (Å²) in [4.78, 5) is 5.01. The van der Waals surface area contributed by atoms with E-state index in [1.165, 1.54) is 49.9 Å². The fraction of sp³-hybridized carbons (Fsp3) is 0.0606. The molecule has 0 unspecified atom stereocenters. The standard InChI is InChI=1S/C33H24N2/c1-35-22-28(23-13-5-2-6-14-23)30-31-27(21-34-32(30)35)26-19-11-12-20-29(26)33(31,24-15-7-3-8-16-24)25-17-9-4-10-18-25/h2-22H,1H3. The van der Waals surface area contributed by atoms with Gasteiger partial charge in [0.25, 0.3) is 0 Å². The van der Waals surface area contributed by atoms with Gasteiger partial charge in [-0.05, 0) is 33.4 Å². The number of nitrogens with zero attached hydrogens (tertiary/aromatic N) is 2. The minimum absolute atomic E-state index is 0.444. The summed E-state index contributed by atoms with van der Waals surface area (Å²) in [7, 11) is 2.10. The summed E-state index contributed by atoms with van der Waals surface area (Å²) in [5.74, 6) is 0. The summed E-state index contributed by atoms with van der Waals surface area (Å²) >= 11 is 0. The minimum Gasteiger partial charge on any atom is -0.335 e. The Balaban J connectivity index is 1.73. The van der Waals surface area contributed by atoms with Crippen molar-refractivity contribution < 1.29 is 0 Å². The number of hydrogen-bond acceptors (Lipinski definition) is 1. The molecule has 35 heavy (non-hydrogen) atoms. The summed E-state index contributed by atoms with van der Waals surface area (Å²) in [6.45, 7) is 0. The van der Waals surface area contributed by atoms with Crippen LogP contribution >= 0.6 is 0 Å². The summed E-state index contributed by atoms with van der Waals surface area (Å²) in [6.07, 6.45) is 4.32. The molecule has 0 saturated heterocycles. The number of hydrogen-bond donors (Lipinski definition) is 0. The van der Waals surface area contributed by atoms with Crippen LogP contribution in [0.25, 0.3) is 33.3 Å². The van der Waals surface area contributed by atoms with E-state index in [9.17, 15) is 0 Å². The Kier molecular flexibility index (Phi) is 4.31. The van der Waals surface area contributed by atoms with E-state index in [0.29, 0.717) is 0 Å². The zero-order chi connectivity index (χ0) is 23.4. The first kappa shape index (κ1) is 20.0. The maximum atomic E-state index is 5.01. The van der Waals surface area contributed by atoms with Crippen LogP contribution in [0.15, 0.2) is 128 Å². The molecule has 0 radical (unpaired) electrons. The summed E-state index contributed by atoms with van der Waals surface area (Å²) in [6, 6.07) is 41.5. The number of fused-ring (bicyclic) bond motifs is 5. The van der Waals surface area contributed by atoms with Gasteiger partial charge in [-0.15, -0.1) is 0 Å². The van der Waals surface area contributed by atoms with Crippen LogP contribution in [0.3, 0.4) is 0 Å². The third-order valence-electron chi connectivity index (χ3n) is 7.48. The van der Waals surface area contributed by atoms with E-state index in [0.717, 1.165) is 5.65 Å². The van der Waals surface area contributed by atoms with Gasteiger partial charge in [0.2, 0.25) is 0 Å². The molecular formula is C33H24N2. The molecule has 0 aliphatic heterocycles. The Morgan fingerprint density at radius 3 is 1.83 bits per heavy atom. The Hall–Kier alpha value is -4.43. The van der Waals surface area contributed by atoms with Gasteiger partial charge in [-0.1, -0.05) is 115 Å². The van der Waals surface area contributed by atoms with Gasteiger partial charge in [0.15, 0.2) is 0 Å². The zero-order valence-electron chi connectivity index (χ0n) is 19.5. The fourth-order valence-corrected chi connectivity index (χ4v) is 6.10. The Morgan fingerprint density at radius 2 is 1.17 bits per heavy atom. The third kappa shape index (κ3) is 2.68. The van der Waals surface area contributed by atoms with E-state index in [-0.39, 0.29) is 0 Å². The van der Waals surface area contributed by atoms with Crippen LogP contribution < -0.4 is 0 Å². The van der Waals surface area contributed by atoms with E-state index in [4.69, 9.17) is 4.98 Å². The highest BCUT2D eigenvalue weighted by molar-refractivity contribution is 6.05. The molecule has 0 saturated carbocycles. The number of rotatable bonds is 3. The lowest BCUT2D eigenvalue weighted by atomic mass is 9.67. The smallest absolute Gasteiger partial charge is 0.140 e. The first-order chi connectivity index (χ1) is 17.3. The van der Waals surface area contributed by atoms with Crippen LogP contribution in [0, 0.1) is 0 Å². The average molecular weight is 449 g/mol. The van der Waals surface area contributed by atoms with Crippen molar-refractivity contribution in [2.45, 2.75) is 5.41 Å². The quantitative estimate of drug-likeness (QED) is 0.272. The molecule has 4 aromatic carbocycles. The van der Waals surface area contributed by atoms with Crippen LogP contribution in [-0.4, -0.2) is 9.55 Å². The summed E-state index contributed by atoms with van der Waals surface area (Å²) in [5, 5.41) is 1.22. The molecule has 0 bridgehead atoms. The van der Waals surface area contributed by atoms with E-state index in [2.05, 4.69) is 139 Å². The normalized spacial score (nSPS) is 13.5. The largest absolute Gasteiger partial charge is 0.335 e. The molecule has 0 amide bonds. The molecule has 2 nitrogen and oxygen atoms in total. The lowest BCUT2D eigenvalue weighted by Gasteiger charge is -2.34. The maximum absolute atomic E-state index is 5.01. The van der Waals surface area contributed by atoms with Crippen LogP contribution in [0.5, 0.6) is 0 Å². The molecule has 2 aromatic heterocycles. The van der Waals surface area contributed by atoms with Gasteiger partial charge >= 0.3 is 0 Å². The molecule has 2 heteroatoms. The zero-order valence-corrected chi connectivity index (χ0v) is 19.5. The highest BCUT2D eigenvalue weighted by atomic mass is 15.0. The first-order valence-electron chi connectivity index (χ1n) is 12.0. The van der Waals surface area contributed by atoms with Crippen molar-refractivity contribution in [3.05, 3.63) is 150 Å². The Labute approximate surface area is 205 Å². The molecule has 0 N–H and O–H groups in total. The molecule has 1 aliphatic carbocycles. The van der Waals surface area contributed by atoms with Crippen molar-refractivity contribution in [1.29, 1.82) is 0 Å². The Bertz CT molecular complexity index is 1640. The number of aromatic nitrogens is 2. The third-order valence-corrected chi connectivity index (χ3v) is 7.48. The predicted molar refractivity (Wildman–Crippen MR) is 143 cm³/mol. The predicted octanol–water partition coefficient (Wildman–Crippen LogP) is 7.60. The molecule has 7 rings (SSSR count). The first-order valence-corrected chi connectivity index (χ1v) is 12.0. The number of pyridine rings is 1. The van der Waals surface area contributed by atoms with E-state index in [1.807, 2.05) is 0 Å². The molecule has 6 aromatic rings. The van der Waals surface area contributed by atoms with Crippen molar-refractivity contribution >= 4 is 11.0 Å². The fourth-order valence-electron chi connectivity index (χ4n) is 6.10. The van der Waals surface area contributed by atoms with Crippen LogP contribution in [-0.2, 0) is 12.5 Å². The lowest BCUT2D eigenvalue weighted by molar-refractivity contribution is 0.774. The lowest BCUT2D eigenvalue weighted by Crippen LogP contribution is -2.28. The van der Waals surface area contributed by atoms with Crippen molar-refractivity contribution in [3.8, 4) is 22.3 Å². The molecule has 166 valence electrons. The molecule has 2 heterocycles. The molecule has 1 aliphatic rings. The van der Waals surface area contributed by atoms with E-state index >= 15 is 0 Å². The molecular weight excluding hydrogens is 424 g/mol. The number of benzene rings is 4.